The average Bonchev–Trinajstić information content (AvgIpc) is 3.15. The molecule has 160 valence electrons. The van der Waals surface area contributed by atoms with Crippen molar-refractivity contribution >= 4 is 34.3 Å². The van der Waals surface area contributed by atoms with E-state index in [1.165, 1.54) is 29.6 Å². The number of amides is 2. The van der Waals surface area contributed by atoms with Crippen LogP contribution < -0.4 is 10.6 Å². The van der Waals surface area contributed by atoms with Crippen LogP contribution in [0.15, 0.2) is 17.5 Å². The minimum absolute atomic E-state index is 0.00728. The molecule has 1 aliphatic rings. The fraction of sp³-hybridized carbons (Fsp3) is 0.429. The van der Waals surface area contributed by atoms with Crippen LogP contribution in [0.2, 0.25) is 0 Å². The molecule has 30 heavy (non-hydrogen) atoms. The van der Waals surface area contributed by atoms with Crippen LogP contribution in [0.25, 0.3) is 11.3 Å². The summed E-state index contributed by atoms with van der Waals surface area (Å²) in [6.45, 7) is 7.08. The molecule has 1 fully saturated rings. The van der Waals surface area contributed by atoms with E-state index in [0.29, 0.717) is 18.2 Å². The molecular formula is C21H26N4O4S. The Morgan fingerprint density at radius 3 is 2.73 bits per heavy atom. The molecule has 0 saturated carbocycles. The standard InChI is InChI=1S/C21H26N4O4S/c1-12-7-14(3)15(8-13(12)2)16-11-30-21(23-16)24-18(26)10-25-6-5-22-20(28)17(25)9-19(27)29-4/h7-8,11,17H,5-6,9-10H2,1-4H3,(H,22,28)(H,23,24,26). The zero-order chi connectivity index (χ0) is 21.8. The highest BCUT2D eigenvalue weighted by Crippen LogP contribution is 2.29. The van der Waals surface area contributed by atoms with Crippen molar-refractivity contribution in [3.8, 4) is 11.3 Å². The molecule has 3 rings (SSSR count). The Bertz CT molecular complexity index is 972. The number of ether oxygens (including phenoxy) is 1. The topological polar surface area (TPSA) is 101 Å². The first-order chi connectivity index (χ1) is 14.3. The summed E-state index contributed by atoms with van der Waals surface area (Å²) < 4.78 is 4.67. The van der Waals surface area contributed by atoms with E-state index in [1.54, 1.807) is 4.90 Å². The van der Waals surface area contributed by atoms with Gasteiger partial charge >= 0.3 is 5.97 Å². The highest BCUT2D eigenvalue weighted by atomic mass is 32.1. The number of piperazine rings is 1. The van der Waals surface area contributed by atoms with E-state index in [1.807, 2.05) is 12.3 Å². The highest BCUT2D eigenvalue weighted by Gasteiger charge is 2.33. The molecule has 1 aliphatic heterocycles. The van der Waals surface area contributed by atoms with E-state index in [-0.39, 0.29) is 24.8 Å². The molecule has 1 atom stereocenters. The summed E-state index contributed by atoms with van der Waals surface area (Å²) in [6.07, 6.45) is -0.0942. The van der Waals surface area contributed by atoms with Gasteiger partial charge in [0, 0.05) is 24.0 Å². The van der Waals surface area contributed by atoms with Crippen LogP contribution >= 0.6 is 11.3 Å². The third-order valence-corrected chi connectivity index (χ3v) is 6.00. The van der Waals surface area contributed by atoms with Gasteiger partial charge in [0.2, 0.25) is 11.8 Å². The fourth-order valence-corrected chi connectivity index (χ4v) is 4.18. The first-order valence-corrected chi connectivity index (χ1v) is 10.6. The van der Waals surface area contributed by atoms with Gasteiger partial charge in [-0.15, -0.1) is 11.3 Å². The number of hydrogen-bond donors (Lipinski definition) is 2. The molecule has 2 amide bonds. The number of rotatable bonds is 6. The number of anilines is 1. The van der Waals surface area contributed by atoms with Crippen LogP contribution in [-0.2, 0) is 19.1 Å². The number of carbonyl (C=O) groups is 3. The first-order valence-electron chi connectivity index (χ1n) is 9.70. The summed E-state index contributed by atoms with van der Waals surface area (Å²) in [7, 11) is 1.28. The maximum absolute atomic E-state index is 12.6. The number of esters is 1. The van der Waals surface area contributed by atoms with Crippen LogP contribution in [-0.4, -0.2) is 60.5 Å². The van der Waals surface area contributed by atoms with Gasteiger partial charge in [-0.2, -0.15) is 0 Å². The zero-order valence-electron chi connectivity index (χ0n) is 17.6. The summed E-state index contributed by atoms with van der Waals surface area (Å²) in [5.74, 6) is -1.05. The molecule has 0 spiro atoms. The van der Waals surface area contributed by atoms with Crippen molar-refractivity contribution in [3.05, 3.63) is 34.2 Å². The molecule has 1 unspecified atom stereocenters. The lowest BCUT2D eigenvalue weighted by Gasteiger charge is -2.33. The summed E-state index contributed by atoms with van der Waals surface area (Å²) in [6, 6.07) is 3.52. The van der Waals surface area contributed by atoms with E-state index in [4.69, 9.17) is 0 Å². The number of hydrogen-bond acceptors (Lipinski definition) is 7. The van der Waals surface area contributed by atoms with Gasteiger partial charge in [-0.3, -0.25) is 19.3 Å². The molecule has 1 aromatic heterocycles. The largest absolute Gasteiger partial charge is 0.469 e. The molecule has 0 radical (unpaired) electrons. The number of aromatic nitrogens is 1. The molecule has 1 saturated heterocycles. The van der Waals surface area contributed by atoms with Gasteiger partial charge in [0.05, 0.1) is 25.8 Å². The first kappa shape index (κ1) is 21.9. The Kier molecular flexibility index (Phi) is 6.84. The van der Waals surface area contributed by atoms with Crippen LogP contribution in [0.1, 0.15) is 23.1 Å². The van der Waals surface area contributed by atoms with Crippen LogP contribution in [0.5, 0.6) is 0 Å². The predicted octanol–water partition coefficient (Wildman–Crippen LogP) is 2.04. The number of nitrogens with zero attached hydrogens (tertiary/aromatic N) is 2. The molecule has 1 aromatic carbocycles. The lowest BCUT2D eigenvalue weighted by Crippen LogP contribution is -2.57. The molecular weight excluding hydrogens is 404 g/mol. The Balaban J connectivity index is 1.67. The van der Waals surface area contributed by atoms with Crippen molar-refractivity contribution in [3.63, 3.8) is 0 Å². The van der Waals surface area contributed by atoms with E-state index in [9.17, 15) is 14.4 Å². The van der Waals surface area contributed by atoms with E-state index >= 15 is 0 Å². The van der Waals surface area contributed by atoms with Gasteiger partial charge < -0.3 is 15.4 Å². The number of benzene rings is 1. The second-order valence-electron chi connectivity index (χ2n) is 7.40. The minimum atomic E-state index is -0.720. The van der Waals surface area contributed by atoms with Crippen molar-refractivity contribution in [1.82, 2.24) is 15.2 Å². The second-order valence-corrected chi connectivity index (χ2v) is 8.25. The van der Waals surface area contributed by atoms with Crippen LogP contribution in [0.3, 0.4) is 0 Å². The fourth-order valence-electron chi connectivity index (χ4n) is 3.45. The van der Waals surface area contributed by atoms with E-state index in [2.05, 4.69) is 46.3 Å². The molecule has 2 heterocycles. The minimum Gasteiger partial charge on any atom is -0.469 e. The van der Waals surface area contributed by atoms with Crippen molar-refractivity contribution in [1.29, 1.82) is 0 Å². The number of methoxy groups -OCH3 is 1. The quantitative estimate of drug-likeness (QED) is 0.680. The average molecular weight is 431 g/mol. The molecule has 2 N–H and O–H groups in total. The molecule has 0 aliphatic carbocycles. The lowest BCUT2D eigenvalue weighted by atomic mass is 9.99. The Morgan fingerprint density at radius 2 is 2.00 bits per heavy atom. The van der Waals surface area contributed by atoms with Gasteiger partial charge in [-0.1, -0.05) is 6.07 Å². The maximum atomic E-state index is 12.6. The Morgan fingerprint density at radius 1 is 1.27 bits per heavy atom. The van der Waals surface area contributed by atoms with Gasteiger partial charge in [0.1, 0.15) is 6.04 Å². The highest BCUT2D eigenvalue weighted by molar-refractivity contribution is 7.14. The number of aryl methyl sites for hydroxylation is 3. The van der Waals surface area contributed by atoms with Crippen molar-refractivity contribution in [2.45, 2.75) is 33.2 Å². The predicted molar refractivity (Wildman–Crippen MR) is 115 cm³/mol. The van der Waals surface area contributed by atoms with Gasteiger partial charge in [-0.25, -0.2) is 4.98 Å². The Hall–Kier alpha value is -2.78. The SMILES string of the molecule is COC(=O)CC1C(=O)NCCN1CC(=O)Nc1nc(-c2cc(C)c(C)cc2C)cs1. The van der Waals surface area contributed by atoms with Gasteiger partial charge in [0.15, 0.2) is 5.13 Å². The summed E-state index contributed by atoms with van der Waals surface area (Å²) in [5.41, 5.74) is 5.41. The third-order valence-electron chi connectivity index (χ3n) is 5.24. The summed E-state index contributed by atoms with van der Waals surface area (Å²) in [4.78, 5) is 42.6. The second kappa shape index (κ2) is 9.36. The normalized spacial score (nSPS) is 16.8. The lowest BCUT2D eigenvalue weighted by molar-refractivity contribution is -0.146. The van der Waals surface area contributed by atoms with Crippen molar-refractivity contribution in [2.75, 3.05) is 32.1 Å². The van der Waals surface area contributed by atoms with Crippen molar-refractivity contribution in [2.24, 2.45) is 0 Å². The number of carbonyl (C=O) groups excluding carboxylic acids is 3. The van der Waals surface area contributed by atoms with Crippen molar-refractivity contribution < 1.29 is 19.1 Å². The smallest absolute Gasteiger partial charge is 0.307 e. The van der Waals surface area contributed by atoms with Gasteiger partial charge in [-0.05, 0) is 43.5 Å². The number of nitrogens with one attached hydrogen (secondary N) is 2. The third kappa shape index (κ3) is 5.03. The number of thiazole rings is 1. The molecule has 9 heteroatoms. The molecule has 8 nitrogen and oxygen atoms in total. The maximum Gasteiger partial charge on any atom is 0.307 e. The van der Waals surface area contributed by atoms with E-state index in [0.717, 1.165) is 16.8 Å². The van der Waals surface area contributed by atoms with Crippen LogP contribution in [0, 0.1) is 20.8 Å². The zero-order valence-corrected chi connectivity index (χ0v) is 18.4. The monoisotopic (exact) mass is 430 g/mol. The summed E-state index contributed by atoms with van der Waals surface area (Å²) in [5, 5.41) is 7.94. The van der Waals surface area contributed by atoms with Gasteiger partial charge in [0.25, 0.3) is 0 Å². The summed E-state index contributed by atoms with van der Waals surface area (Å²) >= 11 is 1.35. The molecule has 0 bridgehead atoms. The van der Waals surface area contributed by atoms with Crippen LogP contribution in [0.4, 0.5) is 5.13 Å². The Labute approximate surface area is 179 Å². The molecule has 2 aromatic rings. The van der Waals surface area contributed by atoms with E-state index < -0.39 is 12.0 Å².